The third-order valence-corrected chi connectivity index (χ3v) is 7.80. The Morgan fingerprint density at radius 2 is 2.05 bits per heavy atom. The Kier molecular flexibility index (Phi) is 6.72. The minimum atomic E-state index is -0.710. The number of nitro groups is 1. The van der Waals surface area contributed by atoms with E-state index in [1.54, 1.807) is 19.1 Å². The first-order valence-corrected chi connectivity index (χ1v) is 12.8. The molecule has 0 radical (unpaired) electrons. The lowest BCUT2D eigenvalue weighted by atomic mass is 9.64. The van der Waals surface area contributed by atoms with Crippen LogP contribution in [0, 0.1) is 21.4 Å². The fourth-order valence-corrected chi connectivity index (χ4v) is 5.97. The molecular formula is C31H29NO7. The first kappa shape index (κ1) is 26.2. The van der Waals surface area contributed by atoms with Crippen LogP contribution in [0.25, 0.3) is 21.5 Å². The van der Waals surface area contributed by atoms with Gasteiger partial charge in [-0.2, -0.15) is 0 Å². The topological polar surface area (TPSA) is 105 Å². The lowest BCUT2D eigenvalue weighted by Gasteiger charge is -2.40. The lowest BCUT2D eigenvalue weighted by Crippen LogP contribution is -2.33. The maximum atomic E-state index is 13.6. The van der Waals surface area contributed by atoms with E-state index in [2.05, 4.69) is 19.2 Å². The summed E-state index contributed by atoms with van der Waals surface area (Å²) in [4.78, 5) is 37.0. The van der Waals surface area contributed by atoms with Crippen molar-refractivity contribution in [3.05, 3.63) is 88.5 Å². The summed E-state index contributed by atoms with van der Waals surface area (Å²) >= 11 is 0. The van der Waals surface area contributed by atoms with Gasteiger partial charge in [0.15, 0.2) is 11.5 Å². The van der Waals surface area contributed by atoms with Crippen LogP contribution < -0.4 is 9.47 Å². The molecule has 1 heterocycles. The Morgan fingerprint density at radius 1 is 1.28 bits per heavy atom. The second-order valence-corrected chi connectivity index (χ2v) is 10.4. The van der Waals surface area contributed by atoms with Crippen molar-refractivity contribution in [1.29, 1.82) is 0 Å². The van der Waals surface area contributed by atoms with E-state index in [1.807, 2.05) is 25.1 Å². The van der Waals surface area contributed by atoms with Crippen molar-refractivity contribution >= 4 is 39.5 Å². The Balaban J connectivity index is 1.54. The smallest absolute Gasteiger partial charge is 0.339 e. The maximum absolute atomic E-state index is 13.6. The third kappa shape index (κ3) is 4.46. The second-order valence-electron chi connectivity index (χ2n) is 10.4. The first-order valence-electron chi connectivity index (χ1n) is 12.8. The van der Waals surface area contributed by atoms with Crippen molar-refractivity contribution in [2.45, 2.75) is 39.2 Å². The number of hydrogen-bond acceptors (Lipinski definition) is 7. The number of nitro benzene ring substituents is 1. The van der Waals surface area contributed by atoms with Gasteiger partial charge in [-0.3, -0.25) is 14.9 Å². The molecule has 8 nitrogen and oxygen atoms in total. The first-order chi connectivity index (χ1) is 18.7. The van der Waals surface area contributed by atoms with Crippen LogP contribution in [0.1, 0.15) is 43.5 Å². The van der Waals surface area contributed by atoms with Gasteiger partial charge in [0.05, 0.1) is 15.9 Å². The van der Waals surface area contributed by atoms with Gasteiger partial charge in [0, 0.05) is 23.8 Å². The number of aldehydes is 1. The summed E-state index contributed by atoms with van der Waals surface area (Å²) in [6.07, 6.45) is 6.11. The van der Waals surface area contributed by atoms with E-state index in [0.717, 1.165) is 24.7 Å². The molecule has 0 saturated carbocycles. The largest absolute Gasteiger partial charge is 0.459 e. The van der Waals surface area contributed by atoms with Gasteiger partial charge in [0.25, 0.3) is 5.69 Å². The SMILES string of the molecule is C=C[C@@]1(C)CCC=C(C[C@@H](C)OC(=O)c2cc3c(c4c2c([N+](=O)[O-])cc2ccccc24)OCO3)[C@H]1C(=C)C=O. The summed E-state index contributed by atoms with van der Waals surface area (Å²) in [6, 6.07) is 10.1. The van der Waals surface area contributed by atoms with Crippen LogP contribution in [0.3, 0.4) is 0 Å². The van der Waals surface area contributed by atoms with Crippen molar-refractivity contribution in [2.75, 3.05) is 6.79 Å². The van der Waals surface area contributed by atoms with E-state index >= 15 is 0 Å². The van der Waals surface area contributed by atoms with Gasteiger partial charge in [-0.1, -0.05) is 55.5 Å². The number of rotatable bonds is 8. The highest BCUT2D eigenvalue weighted by atomic mass is 16.7. The summed E-state index contributed by atoms with van der Waals surface area (Å²) in [5.41, 5.74) is 0.863. The molecule has 0 unspecified atom stereocenters. The molecule has 0 amide bonds. The molecule has 3 aromatic rings. The van der Waals surface area contributed by atoms with Crippen molar-refractivity contribution in [3.63, 3.8) is 0 Å². The van der Waals surface area contributed by atoms with Gasteiger partial charge in [-0.15, -0.1) is 6.58 Å². The zero-order chi connectivity index (χ0) is 27.9. The Morgan fingerprint density at radius 3 is 2.77 bits per heavy atom. The van der Waals surface area contributed by atoms with Gasteiger partial charge in [-0.25, -0.2) is 4.79 Å². The fourth-order valence-electron chi connectivity index (χ4n) is 5.97. The van der Waals surface area contributed by atoms with E-state index in [4.69, 9.17) is 14.2 Å². The molecule has 2 aliphatic rings. The standard InChI is InChI=1S/C31H29NO7/c1-5-31(4)12-8-10-21(28(31)18(2)16-33)13-19(3)39-30(34)23-15-25-29(38-17-37-25)27-22-11-7-6-9-20(22)14-24(26(23)27)32(35)36/h5-7,9-11,14-16,19,28H,1-2,8,12-13,17H2,3-4H3/t19-,28-,31+/m1/s1. The zero-order valence-corrected chi connectivity index (χ0v) is 21.9. The highest BCUT2D eigenvalue weighted by molar-refractivity contribution is 6.21. The van der Waals surface area contributed by atoms with Gasteiger partial charge in [0.1, 0.15) is 12.4 Å². The van der Waals surface area contributed by atoms with E-state index in [-0.39, 0.29) is 34.8 Å². The highest BCUT2D eigenvalue weighted by Crippen LogP contribution is 2.49. The number of allylic oxidation sites excluding steroid dienone is 3. The van der Waals surface area contributed by atoms with Gasteiger partial charge in [-0.05, 0) is 47.6 Å². The Hall–Kier alpha value is -4.46. The summed E-state index contributed by atoms with van der Waals surface area (Å²) in [5.74, 6) is -0.272. The van der Waals surface area contributed by atoms with Crippen molar-refractivity contribution < 1.29 is 28.7 Å². The molecule has 0 aromatic heterocycles. The second kappa shape index (κ2) is 10.0. The molecule has 1 aliphatic carbocycles. The summed E-state index contributed by atoms with van der Waals surface area (Å²) in [7, 11) is 0. The van der Waals surface area contributed by atoms with Gasteiger partial charge >= 0.3 is 5.97 Å². The number of nitrogens with zero attached hydrogens (tertiary/aromatic N) is 1. The quantitative estimate of drug-likeness (QED) is 0.0600. The number of non-ortho nitro benzene ring substituents is 1. The minimum Gasteiger partial charge on any atom is -0.459 e. The molecule has 0 N–H and O–H groups in total. The lowest BCUT2D eigenvalue weighted by molar-refractivity contribution is -0.383. The molecular weight excluding hydrogens is 498 g/mol. The van der Waals surface area contributed by atoms with Crippen molar-refractivity contribution in [2.24, 2.45) is 11.3 Å². The number of benzene rings is 3. The molecule has 0 spiro atoms. The molecule has 39 heavy (non-hydrogen) atoms. The molecule has 0 fully saturated rings. The molecule has 200 valence electrons. The van der Waals surface area contributed by atoms with E-state index in [9.17, 15) is 19.7 Å². The average molecular weight is 528 g/mol. The molecule has 3 aromatic carbocycles. The summed E-state index contributed by atoms with van der Waals surface area (Å²) in [6.45, 7) is 11.7. The number of carbonyl (C=O) groups is 2. The number of fused-ring (bicyclic) bond motifs is 5. The molecule has 3 atom stereocenters. The monoisotopic (exact) mass is 527 g/mol. The Labute approximate surface area is 225 Å². The van der Waals surface area contributed by atoms with Crippen LogP contribution in [0.5, 0.6) is 11.5 Å². The summed E-state index contributed by atoms with van der Waals surface area (Å²) < 4.78 is 17.2. The molecule has 5 rings (SSSR count). The van der Waals surface area contributed by atoms with Gasteiger partial charge < -0.3 is 14.2 Å². The maximum Gasteiger partial charge on any atom is 0.339 e. The third-order valence-electron chi connectivity index (χ3n) is 7.80. The molecule has 0 saturated heterocycles. The number of ether oxygens (including phenoxy) is 3. The predicted octanol–water partition coefficient (Wildman–Crippen LogP) is 6.85. The van der Waals surface area contributed by atoms with Crippen LogP contribution in [0.2, 0.25) is 0 Å². The summed E-state index contributed by atoms with van der Waals surface area (Å²) in [5, 5.41) is 14.1. The van der Waals surface area contributed by atoms with E-state index in [0.29, 0.717) is 39.7 Å². The molecule has 0 bridgehead atoms. The van der Waals surface area contributed by atoms with Crippen molar-refractivity contribution in [3.8, 4) is 11.5 Å². The van der Waals surface area contributed by atoms with E-state index in [1.165, 1.54) is 12.1 Å². The minimum absolute atomic E-state index is 0.0287. The van der Waals surface area contributed by atoms with Crippen LogP contribution in [0.4, 0.5) is 5.69 Å². The van der Waals surface area contributed by atoms with Crippen LogP contribution in [-0.2, 0) is 9.53 Å². The van der Waals surface area contributed by atoms with Crippen LogP contribution in [0.15, 0.2) is 72.9 Å². The Bertz CT molecular complexity index is 1590. The van der Waals surface area contributed by atoms with Gasteiger partial charge in [0.2, 0.25) is 6.79 Å². The predicted molar refractivity (Wildman–Crippen MR) is 148 cm³/mol. The normalized spacial score (nSPS) is 20.8. The highest BCUT2D eigenvalue weighted by Gasteiger charge is 2.38. The van der Waals surface area contributed by atoms with Crippen molar-refractivity contribution in [1.82, 2.24) is 0 Å². The zero-order valence-electron chi connectivity index (χ0n) is 21.9. The fraction of sp³-hybridized carbons (Fsp3) is 0.290. The molecule has 8 heteroatoms. The number of carbonyl (C=O) groups excluding carboxylic acids is 2. The van der Waals surface area contributed by atoms with Crippen LogP contribution >= 0.6 is 0 Å². The number of hydrogen-bond donors (Lipinski definition) is 0. The van der Waals surface area contributed by atoms with E-state index < -0.39 is 17.0 Å². The molecule has 1 aliphatic heterocycles. The average Bonchev–Trinajstić information content (AvgIpc) is 3.40. The van der Waals surface area contributed by atoms with Crippen LogP contribution in [-0.4, -0.2) is 30.1 Å². The number of esters is 1.